The van der Waals surface area contributed by atoms with E-state index < -0.39 is 23.8 Å². The number of nitrogen functional groups attached to an aromatic ring is 1. The Balaban J connectivity index is 1.94. The Hall–Kier alpha value is -2.88. The summed E-state index contributed by atoms with van der Waals surface area (Å²) in [6.45, 7) is 0. The van der Waals surface area contributed by atoms with Crippen LogP contribution in [-0.2, 0) is 14.3 Å². The first-order chi connectivity index (χ1) is 15.5. The predicted octanol–water partition coefficient (Wildman–Crippen LogP) is 4.09. The maximum Gasteiger partial charge on any atom is 0.305 e. The van der Waals surface area contributed by atoms with Gasteiger partial charge in [-0.1, -0.05) is 34.8 Å². The van der Waals surface area contributed by atoms with Crippen LogP contribution in [0.3, 0.4) is 0 Å². The van der Waals surface area contributed by atoms with Gasteiger partial charge in [0, 0.05) is 26.6 Å². The number of nitrogens with two attached hydrogens (primary N) is 1. The van der Waals surface area contributed by atoms with Gasteiger partial charge in [0.1, 0.15) is 16.8 Å². The number of hydrogen-bond acceptors (Lipinski definition) is 7. The number of esters is 1. The highest BCUT2D eigenvalue weighted by Crippen LogP contribution is 2.45. The van der Waals surface area contributed by atoms with Crippen LogP contribution in [0.15, 0.2) is 18.2 Å². The fraction of sp³-hybridized carbons (Fsp3) is 0.286. The second-order valence-electron chi connectivity index (χ2n) is 7.40. The fourth-order valence-electron chi connectivity index (χ4n) is 3.15. The van der Waals surface area contributed by atoms with Crippen LogP contribution in [0.4, 0.5) is 17.1 Å². The number of halogens is 3. The minimum Gasteiger partial charge on any atom is -0.469 e. The zero-order valence-electron chi connectivity index (χ0n) is 17.9. The molecular weight excluding hydrogens is 495 g/mol. The van der Waals surface area contributed by atoms with Gasteiger partial charge in [0.15, 0.2) is 5.75 Å². The van der Waals surface area contributed by atoms with Crippen LogP contribution in [0.1, 0.15) is 23.2 Å². The lowest BCUT2D eigenvalue weighted by atomic mass is 10.1. The molecule has 12 heteroatoms. The average Bonchev–Trinajstić information content (AvgIpc) is 2.87. The summed E-state index contributed by atoms with van der Waals surface area (Å²) in [7, 11) is 4.79. The number of carbonyl (C=O) groups excluding carboxylic acids is 3. The molecular formula is C21H21Cl3N4O5. The maximum atomic E-state index is 12.8. The van der Waals surface area contributed by atoms with E-state index in [0.717, 1.165) is 0 Å². The van der Waals surface area contributed by atoms with Gasteiger partial charge in [-0.2, -0.15) is 0 Å². The minimum atomic E-state index is -0.929. The summed E-state index contributed by atoms with van der Waals surface area (Å²) in [5.41, 5.74) is 7.15. The third-order valence-corrected chi connectivity index (χ3v) is 6.26. The van der Waals surface area contributed by atoms with Crippen molar-refractivity contribution in [1.29, 1.82) is 0 Å². The van der Waals surface area contributed by atoms with Crippen molar-refractivity contribution in [3.63, 3.8) is 0 Å². The molecule has 0 aliphatic carbocycles. The topological polar surface area (TPSA) is 123 Å². The lowest BCUT2D eigenvalue weighted by molar-refractivity contribution is -0.140. The molecule has 1 aliphatic heterocycles. The number of nitrogens with zero attached hydrogens (tertiary/aromatic N) is 1. The van der Waals surface area contributed by atoms with E-state index in [9.17, 15) is 14.4 Å². The van der Waals surface area contributed by atoms with Crippen molar-refractivity contribution in [2.45, 2.75) is 18.9 Å². The Morgan fingerprint density at radius 1 is 1.09 bits per heavy atom. The number of benzene rings is 2. The van der Waals surface area contributed by atoms with Gasteiger partial charge in [0.05, 0.1) is 39.8 Å². The number of nitrogens with one attached hydrogen (secondary N) is 2. The molecule has 33 heavy (non-hydrogen) atoms. The van der Waals surface area contributed by atoms with Crippen molar-refractivity contribution < 1.29 is 23.9 Å². The van der Waals surface area contributed by atoms with E-state index in [-0.39, 0.29) is 56.3 Å². The Labute approximate surface area is 205 Å². The van der Waals surface area contributed by atoms with Crippen molar-refractivity contribution >= 4 is 69.6 Å². The fourth-order valence-corrected chi connectivity index (χ4v) is 3.90. The van der Waals surface area contributed by atoms with E-state index >= 15 is 0 Å². The molecule has 0 radical (unpaired) electrons. The Morgan fingerprint density at radius 3 is 2.42 bits per heavy atom. The molecule has 0 bridgehead atoms. The van der Waals surface area contributed by atoms with Gasteiger partial charge in [0.25, 0.3) is 5.91 Å². The summed E-state index contributed by atoms with van der Waals surface area (Å²) in [4.78, 5) is 38.5. The van der Waals surface area contributed by atoms with Gasteiger partial charge in [0.2, 0.25) is 5.91 Å². The van der Waals surface area contributed by atoms with Crippen molar-refractivity contribution in [2.24, 2.45) is 0 Å². The van der Waals surface area contributed by atoms with Crippen molar-refractivity contribution in [2.75, 3.05) is 37.2 Å². The molecule has 0 unspecified atom stereocenters. The van der Waals surface area contributed by atoms with Gasteiger partial charge in [-0.05, 0) is 18.6 Å². The number of amides is 2. The van der Waals surface area contributed by atoms with Gasteiger partial charge in [-0.15, -0.1) is 0 Å². The van der Waals surface area contributed by atoms with Crippen LogP contribution in [0.25, 0.3) is 0 Å². The number of hydrogen-bond donors (Lipinski definition) is 3. The van der Waals surface area contributed by atoms with Gasteiger partial charge >= 0.3 is 5.97 Å². The normalized spacial score (nSPS) is 15.2. The number of fused-ring (bicyclic) bond motifs is 1. The molecule has 0 spiro atoms. The standard InChI is InChI=1S/C21H21Cl3N4O5/c1-28(2)13-8-15(18(23)19(24)17(13)22)33-14-6-9-12(7-10(14)25)27-21(31)11(26-20(9)30)4-5-16(29)32-3/h6-8,11H,4-5,25H2,1-3H3,(H,26,30)(H,27,31)/t11-/m1/s1. The van der Waals surface area contributed by atoms with E-state index in [1.165, 1.54) is 19.2 Å². The number of methoxy groups -OCH3 is 1. The molecule has 1 heterocycles. The van der Waals surface area contributed by atoms with E-state index in [0.29, 0.717) is 5.69 Å². The third kappa shape index (κ3) is 5.21. The molecule has 4 N–H and O–H groups in total. The summed E-state index contributed by atoms with van der Waals surface area (Å²) < 4.78 is 10.5. The average molecular weight is 516 g/mol. The summed E-state index contributed by atoms with van der Waals surface area (Å²) in [6, 6.07) is 3.45. The first-order valence-corrected chi connectivity index (χ1v) is 10.8. The van der Waals surface area contributed by atoms with E-state index in [1.807, 2.05) is 0 Å². The van der Waals surface area contributed by atoms with Gasteiger partial charge < -0.3 is 30.7 Å². The lowest BCUT2D eigenvalue weighted by Gasteiger charge is -2.19. The molecule has 2 aromatic carbocycles. The molecule has 9 nitrogen and oxygen atoms in total. The monoisotopic (exact) mass is 514 g/mol. The van der Waals surface area contributed by atoms with Crippen LogP contribution in [0, 0.1) is 0 Å². The predicted molar refractivity (Wildman–Crippen MR) is 128 cm³/mol. The number of carbonyl (C=O) groups is 3. The Morgan fingerprint density at radius 2 is 1.79 bits per heavy atom. The Kier molecular flexibility index (Phi) is 7.46. The molecule has 0 aromatic heterocycles. The van der Waals surface area contributed by atoms with E-state index in [1.54, 1.807) is 25.1 Å². The van der Waals surface area contributed by atoms with E-state index in [2.05, 4.69) is 15.4 Å². The highest BCUT2D eigenvalue weighted by atomic mass is 35.5. The van der Waals surface area contributed by atoms with Crippen LogP contribution >= 0.6 is 34.8 Å². The number of ether oxygens (including phenoxy) is 2. The van der Waals surface area contributed by atoms with Crippen molar-refractivity contribution in [1.82, 2.24) is 5.32 Å². The molecule has 2 amide bonds. The SMILES string of the molecule is COC(=O)CC[C@H]1NC(=O)c2cc(Oc3cc(N(C)C)c(Cl)c(Cl)c3Cl)c(N)cc2NC1=O. The Bertz CT molecular complexity index is 1140. The molecule has 0 fully saturated rings. The third-order valence-electron chi connectivity index (χ3n) is 4.94. The smallest absolute Gasteiger partial charge is 0.305 e. The van der Waals surface area contributed by atoms with Crippen molar-refractivity contribution in [3.8, 4) is 11.5 Å². The van der Waals surface area contributed by atoms with Crippen LogP contribution in [0.2, 0.25) is 15.1 Å². The quantitative estimate of drug-likeness (QED) is 0.301. The summed E-state index contributed by atoms with van der Waals surface area (Å²) in [5, 5.41) is 5.68. The molecule has 176 valence electrons. The second kappa shape index (κ2) is 9.94. The maximum absolute atomic E-state index is 12.8. The lowest BCUT2D eigenvalue weighted by Crippen LogP contribution is -2.41. The molecule has 1 aliphatic rings. The zero-order chi connectivity index (χ0) is 24.4. The first-order valence-electron chi connectivity index (χ1n) is 9.68. The zero-order valence-corrected chi connectivity index (χ0v) is 20.2. The van der Waals surface area contributed by atoms with Gasteiger partial charge in [-0.3, -0.25) is 14.4 Å². The second-order valence-corrected chi connectivity index (χ2v) is 8.53. The van der Waals surface area contributed by atoms with Crippen molar-refractivity contribution in [3.05, 3.63) is 38.8 Å². The summed E-state index contributed by atoms with van der Waals surface area (Å²) >= 11 is 18.8. The molecule has 0 saturated heterocycles. The van der Waals surface area contributed by atoms with E-state index in [4.69, 9.17) is 45.3 Å². The molecule has 1 atom stereocenters. The highest BCUT2D eigenvalue weighted by Gasteiger charge is 2.29. The summed E-state index contributed by atoms with van der Waals surface area (Å²) in [5.74, 6) is -1.22. The van der Waals surface area contributed by atoms with Crippen LogP contribution < -0.4 is 26.0 Å². The minimum absolute atomic E-state index is 0.0360. The number of rotatable bonds is 6. The molecule has 3 rings (SSSR count). The first kappa shape index (κ1) is 24.8. The molecule has 0 saturated carbocycles. The van der Waals surface area contributed by atoms with Crippen LogP contribution in [-0.4, -0.2) is 45.0 Å². The highest BCUT2D eigenvalue weighted by molar-refractivity contribution is 6.49. The molecule has 2 aromatic rings. The number of anilines is 3. The summed E-state index contributed by atoms with van der Waals surface area (Å²) in [6.07, 6.45) is 0.0367. The largest absolute Gasteiger partial charge is 0.469 e. The van der Waals surface area contributed by atoms with Gasteiger partial charge in [-0.25, -0.2) is 0 Å². The van der Waals surface area contributed by atoms with Crippen LogP contribution in [0.5, 0.6) is 11.5 Å².